The summed E-state index contributed by atoms with van der Waals surface area (Å²) in [6, 6.07) is 8.82. The molecule has 1 aliphatic carbocycles. The summed E-state index contributed by atoms with van der Waals surface area (Å²) in [5.74, 6) is 0.485. The van der Waals surface area contributed by atoms with Gasteiger partial charge in [-0.05, 0) is 24.6 Å². The molecule has 94 valence electrons. The molecule has 1 aromatic heterocycles. The van der Waals surface area contributed by atoms with Crippen LogP contribution in [0.25, 0.3) is 0 Å². The van der Waals surface area contributed by atoms with E-state index in [-0.39, 0.29) is 6.04 Å². The van der Waals surface area contributed by atoms with Gasteiger partial charge in [0.05, 0.1) is 23.0 Å². The molecule has 1 heterocycles. The van der Waals surface area contributed by atoms with E-state index in [9.17, 15) is 0 Å². The topological polar surface area (TPSA) is 29.9 Å². The molecular formula is C14H16ClN3. The van der Waals surface area contributed by atoms with Crippen LogP contribution in [-0.4, -0.2) is 16.8 Å². The van der Waals surface area contributed by atoms with Crippen molar-refractivity contribution in [1.29, 1.82) is 0 Å². The normalized spacial score (nSPS) is 19.2. The Bertz CT molecular complexity index is 557. The van der Waals surface area contributed by atoms with Gasteiger partial charge in [0.25, 0.3) is 0 Å². The molecule has 4 heteroatoms. The number of benzene rings is 1. The van der Waals surface area contributed by atoms with Crippen LogP contribution >= 0.6 is 11.6 Å². The predicted molar refractivity (Wildman–Crippen MR) is 72.9 cm³/mol. The van der Waals surface area contributed by atoms with E-state index in [1.807, 2.05) is 18.8 Å². The molecule has 0 aliphatic heterocycles. The Morgan fingerprint density at radius 1 is 1.44 bits per heavy atom. The van der Waals surface area contributed by atoms with E-state index in [1.54, 1.807) is 6.20 Å². The third-order valence-corrected chi connectivity index (χ3v) is 4.13. The van der Waals surface area contributed by atoms with E-state index in [2.05, 4.69) is 34.7 Å². The number of rotatable bonds is 3. The van der Waals surface area contributed by atoms with Crippen molar-refractivity contribution in [2.24, 2.45) is 7.05 Å². The molecule has 1 aliphatic rings. The predicted octanol–water partition coefficient (Wildman–Crippen LogP) is 2.67. The molecule has 18 heavy (non-hydrogen) atoms. The molecule has 2 atom stereocenters. The highest BCUT2D eigenvalue weighted by atomic mass is 35.5. The van der Waals surface area contributed by atoms with Crippen molar-refractivity contribution >= 4 is 11.6 Å². The lowest BCUT2D eigenvalue weighted by molar-refractivity contribution is 0.416. The minimum Gasteiger partial charge on any atom is -0.311 e. The Hall–Kier alpha value is -1.32. The number of aromatic nitrogens is 2. The average molecular weight is 262 g/mol. The van der Waals surface area contributed by atoms with Gasteiger partial charge in [0.1, 0.15) is 0 Å². The standard InChI is InChI=1S/C14H16ClN3/c1-16-13(14-12(15)8-17-18(14)2)11-7-9-5-3-4-6-10(9)11/h3-6,8,11,13,16H,7H2,1-2H3. The lowest BCUT2D eigenvalue weighted by Gasteiger charge is -2.36. The zero-order valence-electron chi connectivity index (χ0n) is 10.5. The lowest BCUT2D eigenvalue weighted by Crippen LogP contribution is -2.32. The molecule has 0 fully saturated rings. The molecule has 3 rings (SSSR count). The number of fused-ring (bicyclic) bond motifs is 1. The Balaban J connectivity index is 1.97. The van der Waals surface area contributed by atoms with Crippen LogP contribution in [0, 0.1) is 0 Å². The molecule has 2 unspecified atom stereocenters. The van der Waals surface area contributed by atoms with Crippen LogP contribution < -0.4 is 5.32 Å². The molecule has 0 saturated carbocycles. The summed E-state index contributed by atoms with van der Waals surface area (Å²) < 4.78 is 1.87. The fourth-order valence-corrected chi connectivity index (χ4v) is 3.18. The van der Waals surface area contributed by atoms with Crippen LogP contribution in [0.4, 0.5) is 0 Å². The number of nitrogens with one attached hydrogen (secondary N) is 1. The molecule has 2 aromatic rings. The van der Waals surface area contributed by atoms with Gasteiger partial charge >= 0.3 is 0 Å². The first-order valence-corrected chi connectivity index (χ1v) is 6.52. The van der Waals surface area contributed by atoms with E-state index < -0.39 is 0 Å². The summed E-state index contributed by atoms with van der Waals surface area (Å²) in [7, 11) is 3.92. The van der Waals surface area contributed by atoms with Crippen molar-refractivity contribution in [2.75, 3.05) is 7.05 Å². The molecule has 1 aromatic carbocycles. The van der Waals surface area contributed by atoms with Gasteiger partial charge in [-0.2, -0.15) is 5.10 Å². The number of nitrogens with zero attached hydrogens (tertiary/aromatic N) is 2. The third-order valence-electron chi connectivity index (χ3n) is 3.84. The summed E-state index contributed by atoms with van der Waals surface area (Å²) in [5.41, 5.74) is 3.94. The first-order chi connectivity index (χ1) is 8.72. The molecule has 0 amide bonds. The minimum atomic E-state index is 0.222. The van der Waals surface area contributed by atoms with Crippen LogP contribution in [0.1, 0.15) is 28.8 Å². The van der Waals surface area contributed by atoms with Gasteiger partial charge in [0, 0.05) is 13.0 Å². The van der Waals surface area contributed by atoms with Crippen molar-refractivity contribution in [2.45, 2.75) is 18.4 Å². The molecule has 1 N–H and O–H groups in total. The second-order valence-corrected chi connectivity index (χ2v) is 5.18. The van der Waals surface area contributed by atoms with E-state index in [0.717, 1.165) is 17.1 Å². The fourth-order valence-electron chi connectivity index (χ4n) is 2.89. The number of hydrogen-bond donors (Lipinski definition) is 1. The number of halogens is 1. The van der Waals surface area contributed by atoms with Gasteiger partial charge in [-0.3, -0.25) is 4.68 Å². The van der Waals surface area contributed by atoms with Crippen LogP contribution in [-0.2, 0) is 13.5 Å². The van der Waals surface area contributed by atoms with Crippen LogP contribution in [0.5, 0.6) is 0 Å². The van der Waals surface area contributed by atoms with Gasteiger partial charge in [-0.1, -0.05) is 35.9 Å². The number of aryl methyl sites for hydroxylation is 1. The second-order valence-electron chi connectivity index (χ2n) is 4.78. The summed E-state index contributed by atoms with van der Waals surface area (Å²) >= 11 is 6.25. The first kappa shape index (κ1) is 11.8. The minimum absolute atomic E-state index is 0.222. The van der Waals surface area contributed by atoms with E-state index >= 15 is 0 Å². The van der Waals surface area contributed by atoms with Gasteiger partial charge in [-0.25, -0.2) is 0 Å². The number of hydrogen-bond acceptors (Lipinski definition) is 2. The molecular weight excluding hydrogens is 246 g/mol. The zero-order valence-corrected chi connectivity index (χ0v) is 11.3. The maximum atomic E-state index is 6.25. The van der Waals surface area contributed by atoms with Crippen LogP contribution in [0.3, 0.4) is 0 Å². The van der Waals surface area contributed by atoms with Gasteiger partial charge in [0.15, 0.2) is 0 Å². The Kier molecular flexibility index (Phi) is 2.88. The molecule has 0 spiro atoms. The Morgan fingerprint density at radius 3 is 2.83 bits per heavy atom. The average Bonchev–Trinajstić information content (AvgIpc) is 2.67. The van der Waals surface area contributed by atoms with E-state index in [1.165, 1.54) is 11.1 Å². The highest BCUT2D eigenvalue weighted by molar-refractivity contribution is 6.31. The Morgan fingerprint density at radius 2 is 2.22 bits per heavy atom. The van der Waals surface area contributed by atoms with Crippen molar-refractivity contribution in [1.82, 2.24) is 15.1 Å². The third kappa shape index (κ3) is 1.66. The lowest BCUT2D eigenvalue weighted by atomic mass is 9.72. The summed E-state index contributed by atoms with van der Waals surface area (Å²) in [4.78, 5) is 0. The highest BCUT2D eigenvalue weighted by Crippen LogP contribution is 2.44. The monoisotopic (exact) mass is 261 g/mol. The quantitative estimate of drug-likeness (QED) is 0.921. The maximum Gasteiger partial charge on any atom is 0.0834 e. The van der Waals surface area contributed by atoms with Crippen LogP contribution in [0.2, 0.25) is 5.02 Å². The first-order valence-electron chi connectivity index (χ1n) is 6.15. The van der Waals surface area contributed by atoms with E-state index in [4.69, 9.17) is 11.6 Å². The SMILES string of the molecule is CNC(c1c(Cl)cnn1C)C1Cc2ccccc21. The van der Waals surface area contributed by atoms with Gasteiger partial charge in [-0.15, -0.1) is 0 Å². The summed E-state index contributed by atoms with van der Waals surface area (Å²) in [6.07, 6.45) is 2.81. The highest BCUT2D eigenvalue weighted by Gasteiger charge is 2.35. The maximum absolute atomic E-state index is 6.25. The number of likely N-dealkylation sites (N-methyl/N-ethyl adjacent to an activating group) is 1. The second kappa shape index (κ2) is 4.41. The Labute approximate surface area is 112 Å². The van der Waals surface area contributed by atoms with Crippen molar-refractivity contribution in [3.05, 3.63) is 52.3 Å². The largest absolute Gasteiger partial charge is 0.311 e. The van der Waals surface area contributed by atoms with E-state index in [0.29, 0.717) is 5.92 Å². The van der Waals surface area contributed by atoms with Gasteiger partial charge in [0.2, 0.25) is 0 Å². The fraction of sp³-hybridized carbons (Fsp3) is 0.357. The molecule has 0 saturated heterocycles. The zero-order chi connectivity index (χ0) is 12.7. The molecule has 0 bridgehead atoms. The summed E-state index contributed by atoms with van der Waals surface area (Å²) in [6.45, 7) is 0. The smallest absolute Gasteiger partial charge is 0.0834 e. The van der Waals surface area contributed by atoms with Crippen molar-refractivity contribution < 1.29 is 0 Å². The van der Waals surface area contributed by atoms with Crippen LogP contribution in [0.15, 0.2) is 30.5 Å². The van der Waals surface area contributed by atoms with Crippen molar-refractivity contribution in [3.63, 3.8) is 0 Å². The van der Waals surface area contributed by atoms with Crippen molar-refractivity contribution in [3.8, 4) is 0 Å². The van der Waals surface area contributed by atoms with Gasteiger partial charge < -0.3 is 5.32 Å². The molecule has 0 radical (unpaired) electrons. The summed E-state index contributed by atoms with van der Waals surface area (Å²) in [5, 5.41) is 8.35. The molecule has 3 nitrogen and oxygen atoms in total.